The number of likely N-dealkylation sites (N-methyl/N-ethyl adjacent to an activating group) is 1. The molecule has 29 heavy (non-hydrogen) atoms. The maximum absolute atomic E-state index is 12.9. The standard InChI is InChI=1S/C23H30N2O4/c1-4-24-23(27)18(2)25(17-19-12-14-20(28-3)15-13-19)22(26)11-8-16-29-21-9-6-5-7-10-21/h5-7,9-10,12-15,18H,4,8,11,16-17H2,1-3H3,(H,24,27)/t18-/m1/s1. The molecule has 0 aromatic heterocycles. The first-order valence-corrected chi connectivity index (χ1v) is 9.93. The molecule has 0 saturated heterocycles. The molecule has 0 aliphatic heterocycles. The number of rotatable bonds is 11. The van der Waals surface area contributed by atoms with Gasteiger partial charge in [0.05, 0.1) is 13.7 Å². The molecule has 0 spiro atoms. The molecule has 156 valence electrons. The van der Waals surface area contributed by atoms with Crippen molar-refractivity contribution in [1.82, 2.24) is 10.2 Å². The lowest BCUT2D eigenvalue weighted by Crippen LogP contribution is -2.47. The number of carbonyl (C=O) groups is 2. The monoisotopic (exact) mass is 398 g/mol. The predicted octanol–water partition coefficient (Wildman–Crippen LogP) is 3.41. The molecule has 0 saturated carbocycles. The fourth-order valence-electron chi connectivity index (χ4n) is 2.91. The average Bonchev–Trinajstić information content (AvgIpc) is 2.75. The van der Waals surface area contributed by atoms with Crippen molar-refractivity contribution >= 4 is 11.8 Å². The van der Waals surface area contributed by atoms with Gasteiger partial charge in [-0.25, -0.2) is 0 Å². The number of ether oxygens (including phenoxy) is 2. The molecule has 0 heterocycles. The number of methoxy groups -OCH3 is 1. The first kappa shape index (κ1) is 22.3. The van der Waals surface area contributed by atoms with Gasteiger partial charge in [-0.2, -0.15) is 0 Å². The fraction of sp³-hybridized carbons (Fsp3) is 0.391. The highest BCUT2D eigenvalue weighted by Crippen LogP contribution is 2.16. The summed E-state index contributed by atoms with van der Waals surface area (Å²) < 4.78 is 10.8. The zero-order valence-electron chi connectivity index (χ0n) is 17.4. The number of hydrogen-bond acceptors (Lipinski definition) is 4. The average molecular weight is 399 g/mol. The lowest BCUT2D eigenvalue weighted by Gasteiger charge is -2.29. The van der Waals surface area contributed by atoms with E-state index in [4.69, 9.17) is 9.47 Å². The number of benzene rings is 2. The van der Waals surface area contributed by atoms with E-state index in [0.29, 0.717) is 32.5 Å². The predicted molar refractivity (Wildman–Crippen MR) is 113 cm³/mol. The Morgan fingerprint density at radius 2 is 1.72 bits per heavy atom. The Morgan fingerprint density at radius 3 is 2.34 bits per heavy atom. The lowest BCUT2D eigenvalue weighted by molar-refractivity contribution is -0.140. The Labute approximate surface area is 172 Å². The second-order valence-corrected chi connectivity index (χ2v) is 6.71. The molecule has 0 unspecified atom stereocenters. The van der Waals surface area contributed by atoms with Gasteiger partial charge in [-0.05, 0) is 50.1 Å². The van der Waals surface area contributed by atoms with E-state index in [1.54, 1.807) is 18.9 Å². The molecular weight excluding hydrogens is 368 g/mol. The highest BCUT2D eigenvalue weighted by molar-refractivity contribution is 5.87. The molecule has 1 N–H and O–H groups in total. The van der Waals surface area contributed by atoms with E-state index in [2.05, 4.69) is 5.32 Å². The first-order chi connectivity index (χ1) is 14.0. The van der Waals surface area contributed by atoms with Crippen molar-refractivity contribution in [1.29, 1.82) is 0 Å². The molecule has 2 aromatic carbocycles. The molecule has 0 aliphatic rings. The summed E-state index contributed by atoms with van der Waals surface area (Å²) in [5.74, 6) is 1.30. The fourth-order valence-corrected chi connectivity index (χ4v) is 2.91. The minimum absolute atomic E-state index is 0.0729. The van der Waals surface area contributed by atoms with Crippen LogP contribution in [0.4, 0.5) is 0 Å². The number of nitrogens with one attached hydrogen (secondary N) is 1. The van der Waals surface area contributed by atoms with E-state index < -0.39 is 6.04 Å². The summed E-state index contributed by atoms with van der Waals surface area (Å²) >= 11 is 0. The zero-order chi connectivity index (χ0) is 21.1. The molecule has 0 fully saturated rings. The minimum Gasteiger partial charge on any atom is -0.497 e. The van der Waals surface area contributed by atoms with Crippen LogP contribution < -0.4 is 14.8 Å². The molecule has 0 bridgehead atoms. The summed E-state index contributed by atoms with van der Waals surface area (Å²) in [5, 5.41) is 2.80. The summed E-state index contributed by atoms with van der Waals surface area (Å²) in [4.78, 5) is 26.9. The van der Waals surface area contributed by atoms with E-state index >= 15 is 0 Å². The van der Waals surface area contributed by atoms with Gasteiger partial charge in [0.1, 0.15) is 17.5 Å². The number of para-hydroxylation sites is 1. The van der Waals surface area contributed by atoms with E-state index in [9.17, 15) is 9.59 Å². The maximum atomic E-state index is 12.9. The van der Waals surface area contributed by atoms with Gasteiger partial charge in [-0.15, -0.1) is 0 Å². The van der Waals surface area contributed by atoms with Crippen LogP contribution in [-0.4, -0.2) is 43.0 Å². The SMILES string of the molecule is CCNC(=O)[C@@H](C)N(Cc1ccc(OC)cc1)C(=O)CCCOc1ccccc1. The van der Waals surface area contributed by atoms with Gasteiger partial charge in [0, 0.05) is 19.5 Å². The Kier molecular flexibility index (Phi) is 9.02. The van der Waals surface area contributed by atoms with Crippen molar-refractivity contribution in [3.63, 3.8) is 0 Å². The Bertz CT molecular complexity index is 762. The summed E-state index contributed by atoms with van der Waals surface area (Å²) in [6.45, 7) is 4.95. The van der Waals surface area contributed by atoms with Crippen LogP contribution in [0.15, 0.2) is 54.6 Å². The lowest BCUT2D eigenvalue weighted by atomic mass is 10.1. The van der Waals surface area contributed by atoms with Gasteiger partial charge < -0.3 is 19.7 Å². The third-order valence-corrected chi connectivity index (χ3v) is 4.58. The van der Waals surface area contributed by atoms with Crippen LogP contribution in [0, 0.1) is 0 Å². The van der Waals surface area contributed by atoms with Crippen molar-refractivity contribution in [2.45, 2.75) is 39.3 Å². The van der Waals surface area contributed by atoms with Crippen LogP contribution in [0.1, 0.15) is 32.3 Å². The second kappa shape index (κ2) is 11.7. The molecule has 2 aromatic rings. The number of nitrogens with zero attached hydrogens (tertiary/aromatic N) is 1. The van der Waals surface area contributed by atoms with E-state index in [1.807, 2.05) is 61.5 Å². The van der Waals surface area contributed by atoms with Crippen LogP contribution in [0.5, 0.6) is 11.5 Å². The summed E-state index contributed by atoms with van der Waals surface area (Å²) in [7, 11) is 1.61. The van der Waals surface area contributed by atoms with E-state index in [1.165, 1.54) is 0 Å². The van der Waals surface area contributed by atoms with Gasteiger partial charge in [-0.3, -0.25) is 9.59 Å². The van der Waals surface area contributed by atoms with Crippen molar-refractivity contribution in [3.8, 4) is 11.5 Å². The van der Waals surface area contributed by atoms with E-state index in [-0.39, 0.29) is 11.8 Å². The second-order valence-electron chi connectivity index (χ2n) is 6.71. The van der Waals surface area contributed by atoms with Crippen LogP contribution in [0.25, 0.3) is 0 Å². The van der Waals surface area contributed by atoms with E-state index in [0.717, 1.165) is 17.1 Å². The molecular formula is C23H30N2O4. The topological polar surface area (TPSA) is 67.9 Å². The van der Waals surface area contributed by atoms with Crippen molar-refractivity contribution in [2.75, 3.05) is 20.3 Å². The molecule has 2 amide bonds. The number of carbonyl (C=O) groups excluding carboxylic acids is 2. The molecule has 1 atom stereocenters. The van der Waals surface area contributed by atoms with Crippen LogP contribution in [0.2, 0.25) is 0 Å². The normalized spacial score (nSPS) is 11.4. The highest BCUT2D eigenvalue weighted by atomic mass is 16.5. The third kappa shape index (κ3) is 7.14. The Morgan fingerprint density at radius 1 is 1.03 bits per heavy atom. The number of hydrogen-bond donors (Lipinski definition) is 1. The van der Waals surface area contributed by atoms with Crippen molar-refractivity contribution in [3.05, 3.63) is 60.2 Å². The Hall–Kier alpha value is -3.02. The van der Waals surface area contributed by atoms with Gasteiger partial charge in [0.25, 0.3) is 0 Å². The molecule has 6 heteroatoms. The molecule has 6 nitrogen and oxygen atoms in total. The highest BCUT2D eigenvalue weighted by Gasteiger charge is 2.25. The number of amides is 2. The smallest absolute Gasteiger partial charge is 0.242 e. The summed E-state index contributed by atoms with van der Waals surface area (Å²) in [6, 6.07) is 16.5. The Balaban J connectivity index is 1.98. The largest absolute Gasteiger partial charge is 0.497 e. The maximum Gasteiger partial charge on any atom is 0.242 e. The van der Waals surface area contributed by atoms with Crippen LogP contribution in [-0.2, 0) is 16.1 Å². The summed E-state index contributed by atoms with van der Waals surface area (Å²) in [5.41, 5.74) is 0.941. The first-order valence-electron chi connectivity index (χ1n) is 9.93. The van der Waals surface area contributed by atoms with Gasteiger partial charge in [-0.1, -0.05) is 30.3 Å². The summed E-state index contributed by atoms with van der Waals surface area (Å²) in [6.07, 6.45) is 0.891. The van der Waals surface area contributed by atoms with Crippen LogP contribution in [0.3, 0.4) is 0 Å². The molecule has 2 rings (SSSR count). The van der Waals surface area contributed by atoms with Gasteiger partial charge in [0.2, 0.25) is 11.8 Å². The molecule has 0 radical (unpaired) electrons. The zero-order valence-corrected chi connectivity index (χ0v) is 17.4. The van der Waals surface area contributed by atoms with Gasteiger partial charge in [0.15, 0.2) is 0 Å². The van der Waals surface area contributed by atoms with Crippen molar-refractivity contribution in [2.24, 2.45) is 0 Å². The van der Waals surface area contributed by atoms with Crippen LogP contribution >= 0.6 is 0 Å². The molecule has 0 aliphatic carbocycles. The van der Waals surface area contributed by atoms with Crippen molar-refractivity contribution < 1.29 is 19.1 Å². The third-order valence-electron chi connectivity index (χ3n) is 4.58. The van der Waals surface area contributed by atoms with Gasteiger partial charge >= 0.3 is 0 Å². The quantitative estimate of drug-likeness (QED) is 0.589. The minimum atomic E-state index is -0.556.